The van der Waals surface area contributed by atoms with Crippen LogP contribution in [0.5, 0.6) is 0 Å². The monoisotopic (exact) mass is 238 g/mol. The molecule has 1 aliphatic heterocycles. The number of nitrogens with one attached hydrogen (secondary N) is 1. The predicted molar refractivity (Wildman–Crippen MR) is 63.6 cm³/mol. The fraction of sp³-hybridized carbons (Fsp3) is 0.636. The molecule has 0 spiro atoms. The van der Waals surface area contributed by atoms with Crippen molar-refractivity contribution in [2.24, 2.45) is 0 Å². The van der Waals surface area contributed by atoms with Crippen molar-refractivity contribution in [3.05, 3.63) is 11.8 Å². The number of carbonyl (C=O) groups excluding carboxylic acids is 1. The zero-order valence-corrected chi connectivity index (χ0v) is 9.98. The van der Waals surface area contributed by atoms with E-state index in [1.165, 1.54) is 6.20 Å². The molecule has 0 radical (unpaired) electrons. The zero-order valence-electron chi connectivity index (χ0n) is 9.98. The summed E-state index contributed by atoms with van der Waals surface area (Å²) < 4.78 is 5.53. The summed E-state index contributed by atoms with van der Waals surface area (Å²) in [6.45, 7) is 4.01. The maximum Gasteiger partial charge on any atom is 0.259 e. The van der Waals surface area contributed by atoms with E-state index in [1.807, 2.05) is 6.92 Å². The Kier molecular flexibility index (Phi) is 3.63. The average molecular weight is 238 g/mol. The molecule has 2 rings (SSSR count). The van der Waals surface area contributed by atoms with E-state index < -0.39 is 0 Å². The minimum atomic E-state index is -0.0887. The Bertz CT molecular complexity index is 385. The number of nitrogens with zero attached hydrogens (tertiary/aromatic N) is 2. The topological polar surface area (TPSA) is 84.2 Å². The molecule has 1 aromatic rings. The van der Waals surface area contributed by atoms with E-state index in [9.17, 15) is 4.79 Å². The van der Waals surface area contributed by atoms with Crippen molar-refractivity contribution in [3.8, 4) is 0 Å². The molecule has 0 aromatic carbocycles. The summed E-state index contributed by atoms with van der Waals surface area (Å²) >= 11 is 0. The fourth-order valence-electron chi connectivity index (χ4n) is 2.03. The number of hydrogen-bond acceptors (Lipinski definition) is 4. The van der Waals surface area contributed by atoms with Gasteiger partial charge in [0.15, 0.2) is 0 Å². The molecule has 6 heteroatoms. The van der Waals surface area contributed by atoms with Crippen molar-refractivity contribution in [2.45, 2.75) is 25.9 Å². The minimum Gasteiger partial charge on any atom is -0.383 e. The summed E-state index contributed by atoms with van der Waals surface area (Å²) in [6.07, 6.45) is 3.72. The molecule has 0 bridgehead atoms. The van der Waals surface area contributed by atoms with Crippen LogP contribution in [0.25, 0.3) is 0 Å². The van der Waals surface area contributed by atoms with E-state index in [0.29, 0.717) is 24.5 Å². The standard InChI is InChI=1S/C11H18N4O2/c1-2-15(7-8-4-3-5-17-8)11(16)9-6-13-14-10(9)12/h6,8H,2-5,7H2,1H3,(H3,12,13,14). The zero-order chi connectivity index (χ0) is 12.3. The SMILES string of the molecule is CCN(CC1CCCO1)C(=O)c1cn[nH]c1N. The highest BCUT2D eigenvalue weighted by Crippen LogP contribution is 2.16. The highest BCUT2D eigenvalue weighted by atomic mass is 16.5. The molecule has 2 heterocycles. The number of carbonyl (C=O) groups is 1. The highest BCUT2D eigenvalue weighted by molar-refractivity contribution is 5.98. The number of rotatable bonds is 4. The number of aromatic nitrogens is 2. The molecule has 0 saturated carbocycles. The Labute approximate surface area is 100 Å². The van der Waals surface area contributed by atoms with E-state index in [4.69, 9.17) is 10.5 Å². The first-order valence-corrected chi connectivity index (χ1v) is 5.92. The van der Waals surface area contributed by atoms with Crippen molar-refractivity contribution in [2.75, 3.05) is 25.4 Å². The van der Waals surface area contributed by atoms with Crippen LogP contribution in [0.4, 0.5) is 5.82 Å². The van der Waals surface area contributed by atoms with Gasteiger partial charge < -0.3 is 15.4 Å². The number of ether oxygens (including phenoxy) is 1. The normalized spacial score (nSPS) is 19.5. The van der Waals surface area contributed by atoms with Gasteiger partial charge in [-0.25, -0.2) is 0 Å². The van der Waals surface area contributed by atoms with Crippen molar-refractivity contribution in [1.82, 2.24) is 15.1 Å². The molecule has 1 atom stereocenters. The first-order chi connectivity index (χ1) is 8.22. The van der Waals surface area contributed by atoms with Crippen molar-refractivity contribution >= 4 is 11.7 Å². The Balaban J connectivity index is 2.02. The van der Waals surface area contributed by atoms with Crippen LogP contribution in [0.1, 0.15) is 30.1 Å². The largest absolute Gasteiger partial charge is 0.383 e. The second kappa shape index (κ2) is 5.18. The molecule has 0 aliphatic carbocycles. The molecule has 6 nitrogen and oxygen atoms in total. The summed E-state index contributed by atoms with van der Waals surface area (Å²) in [7, 11) is 0. The Morgan fingerprint density at radius 1 is 1.76 bits per heavy atom. The Morgan fingerprint density at radius 3 is 3.12 bits per heavy atom. The number of anilines is 1. The minimum absolute atomic E-state index is 0.0887. The molecule has 94 valence electrons. The van der Waals surface area contributed by atoms with Crippen LogP contribution in [0.15, 0.2) is 6.20 Å². The number of H-pyrrole nitrogens is 1. The van der Waals surface area contributed by atoms with Gasteiger partial charge in [-0.2, -0.15) is 5.10 Å². The van der Waals surface area contributed by atoms with Crippen LogP contribution >= 0.6 is 0 Å². The van der Waals surface area contributed by atoms with Crippen LogP contribution in [0.2, 0.25) is 0 Å². The lowest BCUT2D eigenvalue weighted by molar-refractivity contribution is 0.0540. The van der Waals surface area contributed by atoms with Gasteiger partial charge in [-0.1, -0.05) is 0 Å². The van der Waals surface area contributed by atoms with Gasteiger partial charge in [-0.15, -0.1) is 0 Å². The molecule has 1 fully saturated rings. The van der Waals surface area contributed by atoms with Gasteiger partial charge in [0.05, 0.1) is 12.3 Å². The third-order valence-corrected chi connectivity index (χ3v) is 3.02. The van der Waals surface area contributed by atoms with Gasteiger partial charge in [0.1, 0.15) is 11.4 Å². The van der Waals surface area contributed by atoms with E-state index >= 15 is 0 Å². The number of nitrogens with two attached hydrogens (primary N) is 1. The van der Waals surface area contributed by atoms with Gasteiger partial charge in [-0.3, -0.25) is 9.89 Å². The lowest BCUT2D eigenvalue weighted by atomic mass is 10.2. The van der Waals surface area contributed by atoms with Gasteiger partial charge in [0.25, 0.3) is 5.91 Å². The summed E-state index contributed by atoms with van der Waals surface area (Å²) in [6, 6.07) is 0. The Hall–Kier alpha value is -1.56. The summed E-state index contributed by atoms with van der Waals surface area (Å²) in [5.74, 6) is 0.232. The third-order valence-electron chi connectivity index (χ3n) is 3.02. The second-order valence-corrected chi connectivity index (χ2v) is 4.18. The molecule has 1 amide bonds. The van der Waals surface area contributed by atoms with Gasteiger partial charge in [-0.05, 0) is 19.8 Å². The fourth-order valence-corrected chi connectivity index (χ4v) is 2.03. The summed E-state index contributed by atoms with van der Waals surface area (Å²) in [4.78, 5) is 13.9. The van der Waals surface area contributed by atoms with Gasteiger partial charge in [0.2, 0.25) is 0 Å². The number of hydrogen-bond donors (Lipinski definition) is 2. The number of aromatic amines is 1. The maximum atomic E-state index is 12.2. The average Bonchev–Trinajstić information content (AvgIpc) is 2.96. The van der Waals surface area contributed by atoms with Gasteiger partial charge in [0, 0.05) is 19.7 Å². The first kappa shape index (κ1) is 11.9. The maximum absolute atomic E-state index is 12.2. The van der Waals surface area contributed by atoms with Crippen LogP contribution in [0, 0.1) is 0 Å². The highest BCUT2D eigenvalue weighted by Gasteiger charge is 2.24. The van der Waals surface area contributed by atoms with Crippen molar-refractivity contribution in [1.29, 1.82) is 0 Å². The summed E-state index contributed by atoms with van der Waals surface area (Å²) in [5.41, 5.74) is 6.08. The predicted octanol–water partition coefficient (Wildman–Crippen LogP) is 0.633. The van der Waals surface area contributed by atoms with E-state index in [1.54, 1.807) is 4.90 Å². The van der Waals surface area contributed by atoms with Crippen molar-refractivity contribution < 1.29 is 9.53 Å². The molecule has 3 N–H and O–H groups in total. The van der Waals surface area contributed by atoms with Crippen LogP contribution < -0.4 is 5.73 Å². The molecule has 1 saturated heterocycles. The molecular formula is C11H18N4O2. The second-order valence-electron chi connectivity index (χ2n) is 4.18. The third kappa shape index (κ3) is 2.58. The van der Waals surface area contributed by atoms with Crippen LogP contribution in [-0.4, -0.2) is 46.8 Å². The smallest absolute Gasteiger partial charge is 0.259 e. The number of amides is 1. The lowest BCUT2D eigenvalue weighted by Crippen LogP contribution is -2.37. The first-order valence-electron chi connectivity index (χ1n) is 5.92. The summed E-state index contributed by atoms with van der Waals surface area (Å²) in [5, 5.41) is 6.33. The van der Waals surface area contributed by atoms with Crippen LogP contribution in [-0.2, 0) is 4.74 Å². The molecule has 1 aliphatic rings. The van der Waals surface area contributed by atoms with Crippen molar-refractivity contribution in [3.63, 3.8) is 0 Å². The quantitative estimate of drug-likeness (QED) is 0.806. The molecule has 1 aromatic heterocycles. The van der Waals surface area contributed by atoms with E-state index in [0.717, 1.165) is 19.4 Å². The van der Waals surface area contributed by atoms with Gasteiger partial charge >= 0.3 is 0 Å². The lowest BCUT2D eigenvalue weighted by Gasteiger charge is -2.23. The number of nitrogen functional groups attached to an aromatic ring is 1. The number of likely N-dealkylation sites (N-methyl/N-ethyl adjacent to an activating group) is 1. The molecule has 17 heavy (non-hydrogen) atoms. The Morgan fingerprint density at radius 2 is 2.59 bits per heavy atom. The molecular weight excluding hydrogens is 220 g/mol. The van der Waals surface area contributed by atoms with Crippen LogP contribution in [0.3, 0.4) is 0 Å². The van der Waals surface area contributed by atoms with E-state index in [2.05, 4.69) is 10.2 Å². The molecule has 1 unspecified atom stereocenters. The van der Waals surface area contributed by atoms with E-state index in [-0.39, 0.29) is 12.0 Å².